The fourth-order valence-corrected chi connectivity index (χ4v) is 2.88. The van der Waals surface area contributed by atoms with Gasteiger partial charge >= 0.3 is 0 Å². The van der Waals surface area contributed by atoms with Gasteiger partial charge in [-0.3, -0.25) is 4.79 Å². The number of carbonyl (C=O) groups excluding carboxylic acids is 1. The minimum Gasteiger partial charge on any atom is -0.376 e. The van der Waals surface area contributed by atoms with Crippen molar-refractivity contribution in [1.29, 1.82) is 0 Å². The Bertz CT molecular complexity index is 402. The molecule has 3 N–H and O–H groups in total. The first kappa shape index (κ1) is 14.4. The van der Waals surface area contributed by atoms with Gasteiger partial charge in [-0.15, -0.1) is 11.3 Å². The molecule has 1 fully saturated rings. The molecule has 1 saturated carbocycles. The first-order valence-corrected chi connectivity index (χ1v) is 7.72. The van der Waals surface area contributed by atoms with Crippen LogP contribution in [0, 0.1) is 0 Å². The van der Waals surface area contributed by atoms with Crippen molar-refractivity contribution in [3.8, 4) is 0 Å². The molecule has 2 rings (SSSR count). The summed E-state index contributed by atoms with van der Waals surface area (Å²) in [5.74, 6) is -0.150. The highest BCUT2D eigenvalue weighted by Gasteiger charge is 2.14. The molecule has 1 aromatic rings. The standard InChI is InChI=1S/C13H21N3O2S/c14-8-12-16-11(9-19-12)13(17)15-6-7-18-10-4-2-1-3-5-10/h9-10H,1-8,14H2,(H,15,17). The van der Waals surface area contributed by atoms with Crippen molar-refractivity contribution in [1.82, 2.24) is 10.3 Å². The van der Waals surface area contributed by atoms with Gasteiger partial charge in [-0.2, -0.15) is 0 Å². The van der Waals surface area contributed by atoms with E-state index in [-0.39, 0.29) is 5.91 Å². The van der Waals surface area contributed by atoms with Crippen LogP contribution in [0.1, 0.15) is 47.6 Å². The zero-order valence-electron chi connectivity index (χ0n) is 11.1. The second kappa shape index (κ2) is 7.57. The van der Waals surface area contributed by atoms with Gasteiger partial charge in [0.1, 0.15) is 10.7 Å². The molecule has 1 aromatic heterocycles. The lowest BCUT2D eigenvalue weighted by atomic mass is 9.98. The second-order valence-electron chi connectivity index (χ2n) is 4.72. The summed E-state index contributed by atoms with van der Waals surface area (Å²) < 4.78 is 5.74. The Morgan fingerprint density at radius 1 is 1.47 bits per heavy atom. The Morgan fingerprint density at radius 3 is 2.95 bits per heavy atom. The Morgan fingerprint density at radius 2 is 2.26 bits per heavy atom. The molecule has 0 aromatic carbocycles. The number of nitrogens with zero attached hydrogens (tertiary/aromatic N) is 1. The van der Waals surface area contributed by atoms with Crippen LogP contribution in [0.5, 0.6) is 0 Å². The molecule has 6 heteroatoms. The lowest BCUT2D eigenvalue weighted by Crippen LogP contribution is -2.29. The first-order valence-electron chi connectivity index (χ1n) is 6.84. The zero-order valence-corrected chi connectivity index (χ0v) is 11.9. The van der Waals surface area contributed by atoms with Crippen LogP contribution in [0.15, 0.2) is 5.38 Å². The average molecular weight is 283 g/mol. The summed E-state index contributed by atoms with van der Waals surface area (Å²) in [7, 11) is 0. The van der Waals surface area contributed by atoms with Gasteiger partial charge < -0.3 is 15.8 Å². The highest BCUT2D eigenvalue weighted by molar-refractivity contribution is 7.09. The molecule has 106 valence electrons. The van der Waals surface area contributed by atoms with Crippen molar-refractivity contribution in [3.63, 3.8) is 0 Å². The molecule has 5 nitrogen and oxygen atoms in total. The fourth-order valence-electron chi connectivity index (χ4n) is 2.22. The molecule has 1 aliphatic carbocycles. The van der Waals surface area contributed by atoms with Crippen LogP contribution in [0.3, 0.4) is 0 Å². The number of hydrogen-bond donors (Lipinski definition) is 2. The number of hydrogen-bond acceptors (Lipinski definition) is 5. The fraction of sp³-hybridized carbons (Fsp3) is 0.692. The summed E-state index contributed by atoms with van der Waals surface area (Å²) in [5, 5.41) is 5.33. The number of nitrogens with two attached hydrogens (primary N) is 1. The minimum atomic E-state index is -0.150. The Kier molecular flexibility index (Phi) is 5.75. The first-order chi connectivity index (χ1) is 9.29. The summed E-state index contributed by atoms with van der Waals surface area (Å²) in [6, 6.07) is 0. The van der Waals surface area contributed by atoms with Crippen LogP contribution in [-0.2, 0) is 11.3 Å². The molecule has 0 atom stereocenters. The van der Waals surface area contributed by atoms with Gasteiger partial charge in [0.25, 0.3) is 5.91 Å². The highest BCUT2D eigenvalue weighted by Crippen LogP contribution is 2.19. The number of nitrogens with one attached hydrogen (secondary N) is 1. The van der Waals surface area contributed by atoms with Gasteiger partial charge in [0.15, 0.2) is 0 Å². The largest absolute Gasteiger partial charge is 0.376 e. The molecule has 19 heavy (non-hydrogen) atoms. The van der Waals surface area contributed by atoms with Gasteiger partial charge in [0, 0.05) is 18.5 Å². The molecule has 0 saturated heterocycles. The van der Waals surface area contributed by atoms with Crippen LogP contribution < -0.4 is 11.1 Å². The number of rotatable bonds is 6. The SMILES string of the molecule is NCc1nc(C(=O)NCCOC2CCCCC2)cs1. The van der Waals surface area contributed by atoms with Crippen LogP contribution in [0.4, 0.5) is 0 Å². The van der Waals surface area contributed by atoms with E-state index in [1.54, 1.807) is 5.38 Å². The number of aromatic nitrogens is 1. The molecule has 1 heterocycles. The minimum absolute atomic E-state index is 0.150. The van der Waals surface area contributed by atoms with Crippen LogP contribution in [-0.4, -0.2) is 30.1 Å². The summed E-state index contributed by atoms with van der Waals surface area (Å²) in [6.45, 7) is 1.48. The molecule has 1 amide bonds. The Labute approximate surface area is 117 Å². The van der Waals surface area contributed by atoms with Crippen LogP contribution in [0.2, 0.25) is 0 Å². The predicted molar refractivity (Wildman–Crippen MR) is 75.2 cm³/mol. The monoisotopic (exact) mass is 283 g/mol. The number of thiazole rings is 1. The van der Waals surface area contributed by atoms with Crippen molar-refractivity contribution in [2.45, 2.75) is 44.8 Å². The maximum atomic E-state index is 11.8. The smallest absolute Gasteiger partial charge is 0.270 e. The summed E-state index contributed by atoms with van der Waals surface area (Å²) in [6.07, 6.45) is 6.54. The maximum absolute atomic E-state index is 11.8. The van der Waals surface area contributed by atoms with E-state index in [9.17, 15) is 4.79 Å². The van der Waals surface area contributed by atoms with Crippen molar-refractivity contribution in [2.75, 3.05) is 13.2 Å². The Hall–Kier alpha value is -0.980. The van der Waals surface area contributed by atoms with Gasteiger partial charge in [-0.1, -0.05) is 19.3 Å². The van der Waals surface area contributed by atoms with E-state index >= 15 is 0 Å². The third-order valence-corrected chi connectivity index (χ3v) is 4.12. The van der Waals surface area contributed by atoms with E-state index in [0.717, 1.165) is 17.8 Å². The van der Waals surface area contributed by atoms with E-state index in [0.29, 0.717) is 31.5 Å². The van der Waals surface area contributed by atoms with Gasteiger partial charge in [-0.25, -0.2) is 4.98 Å². The molecule has 0 spiro atoms. The lowest BCUT2D eigenvalue weighted by molar-refractivity contribution is 0.0299. The van der Waals surface area contributed by atoms with Crippen molar-refractivity contribution < 1.29 is 9.53 Å². The number of carbonyl (C=O) groups is 1. The maximum Gasteiger partial charge on any atom is 0.270 e. The second-order valence-corrected chi connectivity index (χ2v) is 5.66. The van der Waals surface area contributed by atoms with Gasteiger partial charge in [0.2, 0.25) is 0 Å². The molecule has 0 bridgehead atoms. The summed E-state index contributed by atoms with van der Waals surface area (Å²) >= 11 is 1.41. The predicted octanol–water partition coefficient (Wildman–Crippen LogP) is 1.68. The van der Waals surface area contributed by atoms with Gasteiger partial charge in [-0.05, 0) is 12.8 Å². The molecular formula is C13H21N3O2S. The van der Waals surface area contributed by atoms with E-state index in [1.807, 2.05) is 0 Å². The van der Waals surface area contributed by atoms with Crippen molar-refractivity contribution >= 4 is 17.2 Å². The summed E-state index contributed by atoms with van der Waals surface area (Å²) in [5.41, 5.74) is 5.91. The highest BCUT2D eigenvalue weighted by atomic mass is 32.1. The zero-order chi connectivity index (χ0) is 13.5. The third kappa shape index (κ3) is 4.56. The van der Waals surface area contributed by atoms with Crippen LogP contribution in [0.25, 0.3) is 0 Å². The van der Waals surface area contributed by atoms with Gasteiger partial charge in [0.05, 0.1) is 12.7 Å². The quantitative estimate of drug-likeness (QED) is 0.779. The molecule has 0 radical (unpaired) electrons. The van der Waals surface area contributed by atoms with Crippen molar-refractivity contribution in [2.24, 2.45) is 5.73 Å². The number of amides is 1. The molecular weight excluding hydrogens is 262 g/mol. The number of ether oxygens (including phenoxy) is 1. The third-order valence-electron chi connectivity index (χ3n) is 3.25. The normalized spacial score (nSPS) is 16.5. The van der Waals surface area contributed by atoms with E-state index < -0.39 is 0 Å². The van der Waals surface area contributed by atoms with Crippen LogP contribution >= 0.6 is 11.3 Å². The molecule has 1 aliphatic rings. The average Bonchev–Trinajstić information content (AvgIpc) is 2.93. The summed E-state index contributed by atoms with van der Waals surface area (Å²) in [4.78, 5) is 15.9. The van der Waals surface area contributed by atoms with E-state index in [2.05, 4.69) is 10.3 Å². The van der Waals surface area contributed by atoms with Crippen molar-refractivity contribution in [3.05, 3.63) is 16.1 Å². The lowest BCUT2D eigenvalue weighted by Gasteiger charge is -2.21. The topological polar surface area (TPSA) is 77.2 Å². The van der Waals surface area contributed by atoms with E-state index in [4.69, 9.17) is 10.5 Å². The Balaban J connectivity index is 1.63. The van der Waals surface area contributed by atoms with E-state index in [1.165, 1.54) is 30.6 Å². The molecule has 0 aliphatic heterocycles. The molecule has 0 unspecified atom stereocenters.